The molecule has 0 aliphatic carbocycles. The van der Waals surface area contributed by atoms with Gasteiger partial charge in [-0.2, -0.15) is 9.29 Å². The molecule has 4 aromatic heterocycles. The van der Waals surface area contributed by atoms with E-state index in [-0.39, 0.29) is 27.1 Å². The zero-order chi connectivity index (χ0) is 28.7. The van der Waals surface area contributed by atoms with Gasteiger partial charge in [-0.25, -0.2) is 27.8 Å². The van der Waals surface area contributed by atoms with Crippen LogP contribution in [0.1, 0.15) is 25.5 Å². The summed E-state index contributed by atoms with van der Waals surface area (Å²) in [6.07, 6.45) is 5.99. The highest BCUT2D eigenvalue weighted by atomic mass is 32.2. The molecule has 41 heavy (non-hydrogen) atoms. The van der Waals surface area contributed by atoms with E-state index in [1.165, 1.54) is 29.6 Å². The van der Waals surface area contributed by atoms with Gasteiger partial charge in [0.05, 0.1) is 11.4 Å². The summed E-state index contributed by atoms with van der Waals surface area (Å²) in [5.41, 5.74) is 2.92. The molecule has 12 nitrogen and oxygen atoms in total. The third kappa shape index (κ3) is 5.30. The SMILES string of the molecule is CC(=O)Nc1nc(C)c(S(=O)(=O)N2CCC(Nc3nccc(-c4c(-c5ccc(F)cc5)nc5occn45)n3)CC2)s1. The molecule has 1 aliphatic rings. The molecule has 2 N–H and O–H groups in total. The van der Waals surface area contributed by atoms with Gasteiger partial charge < -0.3 is 15.1 Å². The lowest BCUT2D eigenvalue weighted by atomic mass is 10.1. The molecular weight excluding hydrogens is 571 g/mol. The molecule has 1 aromatic carbocycles. The Morgan fingerprint density at radius 2 is 1.88 bits per heavy atom. The zero-order valence-corrected chi connectivity index (χ0v) is 23.7. The topological polar surface area (TPSA) is 148 Å². The van der Waals surface area contributed by atoms with Crippen LogP contribution in [0.5, 0.6) is 0 Å². The number of nitrogens with zero attached hydrogens (tertiary/aromatic N) is 6. The van der Waals surface area contributed by atoms with Crippen LogP contribution in [-0.4, -0.2) is 62.1 Å². The fraction of sp³-hybridized carbons (Fsp3) is 0.269. The number of carbonyl (C=O) groups excluding carboxylic acids is 1. The summed E-state index contributed by atoms with van der Waals surface area (Å²) in [7, 11) is -3.75. The number of sulfonamides is 1. The van der Waals surface area contributed by atoms with Gasteiger partial charge in [0.2, 0.25) is 11.9 Å². The molecule has 1 amide bonds. The van der Waals surface area contributed by atoms with Crippen molar-refractivity contribution in [3.05, 3.63) is 60.5 Å². The van der Waals surface area contributed by atoms with Crippen molar-refractivity contribution in [3.63, 3.8) is 0 Å². The van der Waals surface area contributed by atoms with E-state index in [1.54, 1.807) is 41.9 Å². The molecule has 0 atom stereocenters. The maximum atomic E-state index is 13.6. The molecule has 1 saturated heterocycles. The fourth-order valence-corrected chi connectivity index (χ4v) is 7.83. The summed E-state index contributed by atoms with van der Waals surface area (Å²) in [4.78, 5) is 29.2. The van der Waals surface area contributed by atoms with Gasteiger partial charge in [-0.05, 0) is 50.1 Å². The maximum absolute atomic E-state index is 13.6. The standard InChI is InChI=1S/C26H25FN8O4S2/c1-15-23(40-25(29-15)30-16(2)36)41(37,38)34-11-8-19(9-12-34)31-24-28-10-7-20(32-24)22-21(17-3-5-18(27)6-4-17)33-26-35(22)13-14-39-26/h3-7,10,13-14,19H,8-9,11-12H2,1-2H3,(H,28,31,32)(H,29,30,36). The van der Waals surface area contributed by atoms with Crippen LogP contribution in [-0.2, 0) is 14.8 Å². The third-order valence-electron chi connectivity index (χ3n) is 6.68. The van der Waals surface area contributed by atoms with E-state index in [4.69, 9.17) is 9.40 Å². The second-order valence-corrected chi connectivity index (χ2v) is 12.7. The average molecular weight is 597 g/mol. The van der Waals surface area contributed by atoms with Crippen molar-refractivity contribution >= 4 is 44.2 Å². The second kappa shape index (κ2) is 10.6. The minimum Gasteiger partial charge on any atom is -0.432 e. The summed E-state index contributed by atoms with van der Waals surface area (Å²) >= 11 is 0.953. The molecule has 212 valence electrons. The second-order valence-electron chi connectivity index (χ2n) is 9.53. The first-order valence-corrected chi connectivity index (χ1v) is 15.0. The number of piperidine rings is 1. The van der Waals surface area contributed by atoms with Crippen LogP contribution in [0.4, 0.5) is 15.5 Å². The molecule has 0 unspecified atom stereocenters. The van der Waals surface area contributed by atoms with Gasteiger partial charge in [0.1, 0.15) is 23.5 Å². The summed E-state index contributed by atoms with van der Waals surface area (Å²) in [6.45, 7) is 3.58. The van der Waals surface area contributed by atoms with Crippen LogP contribution >= 0.6 is 11.3 Å². The molecule has 0 radical (unpaired) electrons. The van der Waals surface area contributed by atoms with E-state index in [2.05, 4.69) is 25.6 Å². The van der Waals surface area contributed by atoms with Crippen molar-refractivity contribution in [2.75, 3.05) is 23.7 Å². The summed E-state index contributed by atoms with van der Waals surface area (Å²) in [5.74, 6) is 0.115. The Morgan fingerprint density at radius 3 is 2.61 bits per heavy atom. The number of benzene rings is 1. The number of thiazole rings is 1. The summed E-state index contributed by atoms with van der Waals surface area (Å²) in [6, 6.07) is 7.76. The number of halogens is 1. The van der Waals surface area contributed by atoms with Crippen LogP contribution in [0.3, 0.4) is 0 Å². The normalized spacial score (nSPS) is 14.9. The van der Waals surface area contributed by atoms with Crippen molar-refractivity contribution in [1.82, 2.24) is 28.6 Å². The minimum absolute atomic E-state index is 0.0508. The molecular formula is C26H25FN8O4S2. The number of hydrogen-bond acceptors (Lipinski definition) is 10. The number of rotatable bonds is 7. The molecule has 0 bridgehead atoms. The highest BCUT2D eigenvalue weighted by Gasteiger charge is 2.33. The van der Waals surface area contributed by atoms with E-state index >= 15 is 0 Å². The Hall–Kier alpha value is -4.21. The van der Waals surface area contributed by atoms with E-state index in [0.29, 0.717) is 66.1 Å². The third-order valence-corrected chi connectivity index (χ3v) is 10.2. The summed E-state index contributed by atoms with van der Waals surface area (Å²) in [5, 5.41) is 6.15. The smallest absolute Gasteiger partial charge is 0.306 e. The Morgan fingerprint density at radius 1 is 1.12 bits per heavy atom. The molecule has 15 heteroatoms. The Labute approximate surface area is 238 Å². The maximum Gasteiger partial charge on any atom is 0.306 e. The van der Waals surface area contributed by atoms with Gasteiger partial charge in [-0.3, -0.25) is 9.20 Å². The lowest BCUT2D eigenvalue weighted by Gasteiger charge is -2.31. The van der Waals surface area contributed by atoms with E-state index in [1.807, 2.05) is 0 Å². The number of aryl methyl sites for hydroxylation is 1. The first-order chi connectivity index (χ1) is 19.7. The predicted molar refractivity (Wildman–Crippen MR) is 150 cm³/mol. The fourth-order valence-electron chi connectivity index (χ4n) is 4.77. The van der Waals surface area contributed by atoms with Crippen LogP contribution < -0.4 is 10.6 Å². The van der Waals surface area contributed by atoms with Gasteiger partial charge in [0.15, 0.2) is 9.34 Å². The van der Waals surface area contributed by atoms with Crippen molar-refractivity contribution in [1.29, 1.82) is 0 Å². The molecule has 6 rings (SSSR count). The first kappa shape index (κ1) is 27.0. The van der Waals surface area contributed by atoms with Gasteiger partial charge in [-0.15, -0.1) is 0 Å². The lowest BCUT2D eigenvalue weighted by molar-refractivity contribution is -0.114. The zero-order valence-electron chi connectivity index (χ0n) is 22.0. The largest absolute Gasteiger partial charge is 0.432 e. The van der Waals surface area contributed by atoms with Crippen LogP contribution in [0.15, 0.2) is 57.6 Å². The Balaban J connectivity index is 1.19. The highest BCUT2D eigenvalue weighted by Crippen LogP contribution is 2.34. The van der Waals surface area contributed by atoms with E-state index < -0.39 is 10.0 Å². The molecule has 0 saturated carbocycles. The van der Waals surface area contributed by atoms with Gasteiger partial charge >= 0.3 is 5.84 Å². The lowest BCUT2D eigenvalue weighted by Crippen LogP contribution is -2.42. The molecule has 5 aromatic rings. The molecule has 1 aliphatic heterocycles. The number of imidazole rings is 1. The number of oxazole rings is 1. The van der Waals surface area contributed by atoms with Crippen molar-refractivity contribution in [2.24, 2.45) is 0 Å². The number of anilines is 2. The van der Waals surface area contributed by atoms with E-state index in [0.717, 1.165) is 11.3 Å². The quantitative estimate of drug-likeness (QED) is 0.282. The molecule has 0 spiro atoms. The molecule has 5 heterocycles. The first-order valence-electron chi connectivity index (χ1n) is 12.8. The van der Waals surface area contributed by atoms with Crippen molar-refractivity contribution in [2.45, 2.75) is 36.9 Å². The van der Waals surface area contributed by atoms with Crippen molar-refractivity contribution < 1.29 is 22.0 Å². The minimum atomic E-state index is -3.75. The van der Waals surface area contributed by atoms with Crippen LogP contribution in [0.25, 0.3) is 28.5 Å². The number of aromatic nitrogens is 5. The van der Waals surface area contributed by atoms with Gasteiger partial charge in [0.25, 0.3) is 10.0 Å². The number of nitrogens with one attached hydrogen (secondary N) is 2. The van der Waals surface area contributed by atoms with Crippen molar-refractivity contribution in [3.8, 4) is 22.6 Å². The monoisotopic (exact) mass is 596 g/mol. The number of carbonyl (C=O) groups is 1. The van der Waals surface area contributed by atoms with Crippen LogP contribution in [0.2, 0.25) is 0 Å². The van der Waals surface area contributed by atoms with Gasteiger partial charge in [0, 0.05) is 44.0 Å². The summed E-state index contributed by atoms with van der Waals surface area (Å²) < 4.78 is 49.0. The van der Waals surface area contributed by atoms with Gasteiger partial charge in [-0.1, -0.05) is 11.3 Å². The number of amides is 1. The Bertz CT molecular complexity index is 1840. The molecule has 1 fully saturated rings. The average Bonchev–Trinajstić information content (AvgIpc) is 3.64. The highest BCUT2D eigenvalue weighted by molar-refractivity contribution is 7.91. The number of fused-ring (bicyclic) bond motifs is 1. The predicted octanol–water partition coefficient (Wildman–Crippen LogP) is 4.18. The van der Waals surface area contributed by atoms with Crippen LogP contribution in [0, 0.1) is 12.7 Å². The Kier molecular flexibility index (Phi) is 7.01. The number of hydrogen-bond donors (Lipinski definition) is 2. The van der Waals surface area contributed by atoms with E-state index in [9.17, 15) is 17.6 Å².